The molecule has 0 aliphatic carbocycles. The second-order valence-electron chi connectivity index (χ2n) is 2.65. The van der Waals surface area contributed by atoms with Crippen molar-refractivity contribution >= 4 is 7.28 Å². The molecule has 0 saturated heterocycles. The molecule has 0 amide bonds. The monoisotopic (exact) mass is 83.1 g/mol. The van der Waals surface area contributed by atoms with Crippen LogP contribution in [0, 0.1) is 0 Å². The maximum atomic E-state index is 2.19. The van der Waals surface area contributed by atoms with Gasteiger partial charge in [0.2, 0.25) is 0 Å². The van der Waals surface area contributed by atoms with Gasteiger partial charge in [-0.15, -0.1) is 0 Å². The normalized spacial score (nSPS) is 11.3. The van der Waals surface area contributed by atoms with Gasteiger partial charge in [0, 0.05) is 0 Å². The molecule has 0 heterocycles. The first-order chi connectivity index (χ1) is 2.56. The minimum Gasteiger partial charge on any atom is -0.0915 e. The summed E-state index contributed by atoms with van der Waals surface area (Å²) in [7, 11) is 2.19. The maximum Gasteiger partial charge on any atom is 0.113 e. The van der Waals surface area contributed by atoms with E-state index in [0.717, 1.165) is 0 Å². The Labute approximate surface area is 41.2 Å². The Morgan fingerprint density at radius 1 is 1.17 bits per heavy atom. The van der Waals surface area contributed by atoms with Crippen LogP contribution in [0.15, 0.2) is 0 Å². The molecule has 0 bridgehead atoms. The fraction of sp³-hybridized carbons (Fsp3) is 1.00. The lowest BCUT2D eigenvalue weighted by Gasteiger charge is -2.11. The third-order valence-corrected chi connectivity index (χ3v) is 0.866. The molecule has 0 aromatic carbocycles. The average molecular weight is 83.0 g/mol. The molecule has 0 atom stereocenters. The summed E-state index contributed by atoms with van der Waals surface area (Å²) in [6.07, 6.45) is 0. The van der Waals surface area contributed by atoms with Crippen molar-refractivity contribution in [2.75, 3.05) is 0 Å². The summed E-state index contributed by atoms with van der Waals surface area (Å²) in [4.78, 5) is 0. The van der Waals surface area contributed by atoms with E-state index in [9.17, 15) is 0 Å². The van der Waals surface area contributed by atoms with Crippen molar-refractivity contribution in [2.45, 2.75) is 32.9 Å². The van der Waals surface area contributed by atoms with Gasteiger partial charge in [0.15, 0.2) is 0 Å². The molecular formula is C5H12B. The minimum absolute atomic E-state index is 0.417. The van der Waals surface area contributed by atoms with E-state index in [1.807, 2.05) is 0 Å². The van der Waals surface area contributed by atoms with E-state index in [2.05, 4.69) is 34.9 Å². The summed E-state index contributed by atoms with van der Waals surface area (Å²) >= 11 is 0. The van der Waals surface area contributed by atoms with Gasteiger partial charge in [0.1, 0.15) is 7.28 Å². The van der Waals surface area contributed by atoms with Crippen molar-refractivity contribution in [2.24, 2.45) is 0 Å². The summed E-state index contributed by atoms with van der Waals surface area (Å²) in [5.74, 6) is 0. The highest BCUT2D eigenvalue weighted by atomic mass is 13.9. The Morgan fingerprint density at radius 2 is 1.33 bits per heavy atom. The van der Waals surface area contributed by atoms with E-state index in [1.54, 1.807) is 0 Å². The first kappa shape index (κ1) is 6.06. The van der Waals surface area contributed by atoms with Crippen LogP contribution in [0.4, 0.5) is 0 Å². The van der Waals surface area contributed by atoms with Crippen LogP contribution in [-0.4, -0.2) is 7.28 Å². The quantitative estimate of drug-likeness (QED) is 0.392. The molecule has 1 radical (unpaired) electrons. The van der Waals surface area contributed by atoms with Crippen molar-refractivity contribution in [3.05, 3.63) is 0 Å². The third kappa shape index (κ3) is 4.06. The van der Waals surface area contributed by atoms with Crippen LogP contribution < -0.4 is 0 Å². The molecule has 1 heteroatoms. The Balaban J connectivity index is 3.17. The highest BCUT2D eigenvalue weighted by Crippen LogP contribution is 2.18. The first-order valence-electron chi connectivity index (χ1n) is 2.37. The van der Waals surface area contributed by atoms with Crippen molar-refractivity contribution < 1.29 is 0 Å². The second kappa shape index (κ2) is 1.68. The van der Waals surface area contributed by atoms with E-state index in [0.29, 0.717) is 5.31 Å². The third-order valence-electron chi connectivity index (χ3n) is 0.866. The second-order valence-corrected chi connectivity index (χ2v) is 2.65. The summed E-state index contributed by atoms with van der Waals surface area (Å²) in [5, 5.41) is 0.417. The molecule has 0 aromatic rings. The van der Waals surface area contributed by atoms with E-state index >= 15 is 0 Å². The lowest BCUT2D eigenvalue weighted by Crippen LogP contribution is -2.01. The van der Waals surface area contributed by atoms with Crippen LogP contribution in [-0.2, 0) is 0 Å². The van der Waals surface area contributed by atoms with Gasteiger partial charge >= 0.3 is 0 Å². The number of hydrogen-bond donors (Lipinski definition) is 0. The van der Waals surface area contributed by atoms with Gasteiger partial charge in [0.25, 0.3) is 0 Å². The lowest BCUT2D eigenvalue weighted by atomic mass is 9.57. The number of rotatable bonds is 0. The molecule has 0 N–H and O–H groups in total. The maximum absolute atomic E-state index is 2.19. The van der Waals surface area contributed by atoms with Crippen LogP contribution in [0.25, 0.3) is 0 Å². The fourth-order valence-electron chi connectivity index (χ4n) is 0. The van der Waals surface area contributed by atoms with Gasteiger partial charge < -0.3 is 0 Å². The largest absolute Gasteiger partial charge is 0.113 e. The Hall–Kier alpha value is 0.0649. The Morgan fingerprint density at radius 3 is 1.33 bits per heavy atom. The highest BCUT2D eigenvalue weighted by molar-refractivity contribution is 6.37. The Bertz CT molecular complexity index is 33.7. The summed E-state index contributed by atoms with van der Waals surface area (Å²) < 4.78 is 0. The standard InChI is InChI=1S/C5H12B/c1-5(2,3)6-4/h1-4H3. The van der Waals surface area contributed by atoms with Gasteiger partial charge in [-0.25, -0.2) is 0 Å². The van der Waals surface area contributed by atoms with Crippen LogP contribution in [0.2, 0.25) is 12.1 Å². The van der Waals surface area contributed by atoms with Gasteiger partial charge in [-0.2, -0.15) is 0 Å². The highest BCUT2D eigenvalue weighted by Gasteiger charge is 2.04. The molecule has 0 aliphatic rings. The summed E-state index contributed by atoms with van der Waals surface area (Å²) in [5.41, 5.74) is 0. The van der Waals surface area contributed by atoms with Crippen molar-refractivity contribution in [1.82, 2.24) is 0 Å². The molecule has 0 rings (SSSR count). The molecule has 0 aliphatic heterocycles. The molecule has 0 unspecified atom stereocenters. The first-order valence-corrected chi connectivity index (χ1v) is 2.37. The SMILES string of the molecule is C[B]C(C)(C)C. The van der Waals surface area contributed by atoms with Crippen LogP contribution in [0.1, 0.15) is 20.8 Å². The molecule has 6 heavy (non-hydrogen) atoms. The lowest BCUT2D eigenvalue weighted by molar-refractivity contribution is 0.756. The molecule has 35 valence electrons. The van der Waals surface area contributed by atoms with Crippen molar-refractivity contribution in [1.29, 1.82) is 0 Å². The van der Waals surface area contributed by atoms with E-state index in [-0.39, 0.29) is 0 Å². The molecule has 0 aromatic heterocycles. The molecule has 0 fully saturated rings. The average Bonchev–Trinajstić information content (AvgIpc) is 1.35. The Kier molecular flexibility index (Phi) is 1.69. The zero-order valence-corrected chi connectivity index (χ0v) is 5.08. The fourth-order valence-corrected chi connectivity index (χ4v) is 0. The van der Waals surface area contributed by atoms with Crippen molar-refractivity contribution in [3.8, 4) is 0 Å². The molecule has 0 nitrogen and oxygen atoms in total. The van der Waals surface area contributed by atoms with E-state index < -0.39 is 0 Å². The van der Waals surface area contributed by atoms with Gasteiger partial charge in [0.05, 0.1) is 0 Å². The van der Waals surface area contributed by atoms with Crippen LogP contribution in [0.3, 0.4) is 0 Å². The minimum atomic E-state index is 0.417. The predicted octanol–water partition coefficient (Wildman–Crippen LogP) is 1.96. The molecule has 0 spiro atoms. The van der Waals surface area contributed by atoms with E-state index in [1.165, 1.54) is 0 Å². The summed E-state index contributed by atoms with van der Waals surface area (Å²) in [6, 6.07) is 0. The zero-order chi connectivity index (χ0) is 5.21. The zero-order valence-electron chi connectivity index (χ0n) is 5.08. The number of hydrogen-bond acceptors (Lipinski definition) is 0. The smallest absolute Gasteiger partial charge is 0.0915 e. The topological polar surface area (TPSA) is 0 Å². The van der Waals surface area contributed by atoms with Crippen LogP contribution in [0.5, 0.6) is 0 Å². The van der Waals surface area contributed by atoms with Crippen molar-refractivity contribution in [3.63, 3.8) is 0 Å². The van der Waals surface area contributed by atoms with Gasteiger partial charge in [-0.3, -0.25) is 0 Å². The summed E-state index contributed by atoms with van der Waals surface area (Å²) in [6.45, 7) is 8.65. The van der Waals surface area contributed by atoms with E-state index in [4.69, 9.17) is 0 Å². The molecular weight excluding hydrogens is 70.9 g/mol. The molecule has 0 saturated carbocycles. The van der Waals surface area contributed by atoms with Crippen LogP contribution >= 0.6 is 0 Å². The predicted molar refractivity (Wildman–Crippen MR) is 31.3 cm³/mol. The van der Waals surface area contributed by atoms with Gasteiger partial charge in [-0.1, -0.05) is 32.9 Å². The van der Waals surface area contributed by atoms with Gasteiger partial charge in [-0.05, 0) is 0 Å².